The molecule has 0 bridgehead atoms. The van der Waals surface area contributed by atoms with Gasteiger partial charge in [0.05, 0.1) is 13.2 Å². The summed E-state index contributed by atoms with van der Waals surface area (Å²) < 4.78 is 5.17. The zero-order chi connectivity index (χ0) is 15.5. The number of hydrogen-bond acceptors (Lipinski definition) is 2. The molecule has 1 fully saturated rings. The SMILES string of the molecule is C=C/C=C1/C(=O)N(c2ccc(OC)cc2)C1c1ccccc1. The smallest absolute Gasteiger partial charge is 0.257 e. The van der Waals surface area contributed by atoms with E-state index in [0.717, 1.165) is 22.6 Å². The van der Waals surface area contributed by atoms with Crippen LogP contribution >= 0.6 is 0 Å². The number of carbonyl (C=O) groups is 1. The first-order chi connectivity index (χ1) is 10.8. The van der Waals surface area contributed by atoms with Crippen molar-refractivity contribution in [1.82, 2.24) is 0 Å². The molecular weight excluding hydrogens is 274 g/mol. The summed E-state index contributed by atoms with van der Waals surface area (Å²) in [5.41, 5.74) is 2.71. The van der Waals surface area contributed by atoms with Gasteiger partial charge in [-0.15, -0.1) is 0 Å². The highest BCUT2D eigenvalue weighted by molar-refractivity contribution is 6.15. The highest BCUT2D eigenvalue weighted by atomic mass is 16.5. The minimum atomic E-state index is -0.0694. The Kier molecular flexibility index (Phi) is 3.79. The lowest BCUT2D eigenvalue weighted by Gasteiger charge is -2.43. The molecule has 3 nitrogen and oxygen atoms in total. The first-order valence-electron chi connectivity index (χ1n) is 7.11. The number of allylic oxidation sites excluding steroid dienone is 2. The zero-order valence-corrected chi connectivity index (χ0v) is 12.4. The number of ether oxygens (including phenoxy) is 1. The van der Waals surface area contributed by atoms with E-state index in [1.807, 2.05) is 54.6 Å². The number of benzene rings is 2. The van der Waals surface area contributed by atoms with Crippen LogP contribution < -0.4 is 9.64 Å². The third kappa shape index (κ3) is 2.31. The van der Waals surface area contributed by atoms with E-state index < -0.39 is 0 Å². The molecule has 2 aromatic rings. The van der Waals surface area contributed by atoms with Crippen LogP contribution in [0.1, 0.15) is 11.6 Å². The molecule has 0 radical (unpaired) electrons. The van der Waals surface area contributed by atoms with Gasteiger partial charge in [0.2, 0.25) is 0 Å². The summed E-state index contributed by atoms with van der Waals surface area (Å²) in [6, 6.07) is 17.5. The maximum atomic E-state index is 12.5. The standard InChI is InChI=1S/C19H17NO2/c1-3-7-17-18(14-8-5-4-6-9-14)20(19(17)21)15-10-12-16(22-2)13-11-15/h3-13,18H,1H2,2H3/b17-7+. The van der Waals surface area contributed by atoms with Gasteiger partial charge >= 0.3 is 0 Å². The van der Waals surface area contributed by atoms with Gasteiger partial charge in [-0.1, -0.05) is 49.1 Å². The second-order valence-electron chi connectivity index (χ2n) is 5.04. The van der Waals surface area contributed by atoms with Crippen LogP contribution in [0.4, 0.5) is 5.69 Å². The molecule has 1 aliphatic rings. The predicted molar refractivity (Wildman–Crippen MR) is 87.9 cm³/mol. The Labute approximate surface area is 130 Å². The Morgan fingerprint density at radius 3 is 2.36 bits per heavy atom. The fourth-order valence-electron chi connectivity index (χ4n) is 2.71. The molecule has 0 spiro atoms. The first kappa shape index (κ1) is 14.1. The van der Waals surface area contributed by atoms with Crippen molar-refractivity contribution >= 4 is 11.6 Å². The Balaban J connectivity index is 2.00. The van der Waals surface area contributed by atoms with Crippen molar-refractivity contribution in [2.75, 3.05) is 12.0 Å². The quantitative estimate of drug-likeness (QED) is 0.631. The number of amides is 1. The third-order valence-electron chi connectivity index (χ3n) is 3.78. The third-order valence-corrected chi connectivity index (χ3v) is 3.78. The van der Waals surface area contributed by atoms with E-state index in [9.17, 15) is 4.79 Å². The normalized spacial score (nSPS) is 19.0. The number of methoxy groups -OCH3 is 1. The number of rotatable bonds is 4. The lowest BCUT2D eigenvalue weighted by Crippen LogP contribution is -2.49. The summed E-state index contributed by atoms with van der Waals surface area (Å²) in [5.74, 6) is 0.786. The van der Waals surface area contributed by atoms with Crippen molar-refractivity contribution in [2.45, 2.75) is 6.04 Å². The molecule has 0 N–H and O–H groups in total. The molecule has 1 unspecified atom stereocenters. The molecule has 1 aliphatic heterocycles. The maximum Gasteiger partial charge on any atom is 0.257 e. The monoisotopic (exact) mass is 291 g/mol. The Hall–Kier alpha value is -2.81. The van der Waals surface area contributed by atoms with E-state index in [2.05, 4.69) is 6.58 Å². The van der Waals surface area contributed by atoms with Crippen molar-refractivity contribution < 1.29 is 9.53 Å². The molecule has 1 saturated heterocycles. The fourth-order valence-corrected chi connectivity index (χ4v) is 2.71. The predicted octanol–water partition coefficient (Wildman–Crippen LogP) is 3.90. The molecule has 110 valence electrons. The van der Waals surface area contributed by atoms with Gasteiger partial charge in [0.1, 0.15) is 5.75 Å². The van der Waals surface area contributed by atoms with Crippen LogP contribution in [0, 0.1) is 0 Å². The van der Waals surface area contributed by atoms with Crippen LogP contribution in [0.5, 0.6) is 5.75 Å². The summed E-state index contributed by atoms with van der Waals surface area (Å²) in [6.07, 6.45) is 3.45. The fraction of sp³-hybridized carbons (Fsp3) is 0.105. The molecule has 0 saturated carbocycles. The van der Waals surface area contributed by atoms with Crippen molar-refractivity contribution in [3.63, 3.8) is 0 Å². The van der Waals surface area contributed by atoms with Gasteiger partial charge in [-0.05, 0) is 29.8 Å². The lowest BCUT2D eigenvalue weighted by atomic mass is 9.87. The Morgan fingerprint density at radius 2 is 1.77 bits per heavy atom. The van der Waals surface area contributed by atoms with Crippen LogP contribution in [-0.2, 0) is 4.79 Å². The van der Waals surface area contributed by atoms with E-state index in [4.69, 9.17) is 4.74 Å². The maximum absolute atomic E-state index is 12.5. The summed E-state index contributed by atoms with van der Waals surface area (Å²) in [6.45, 7) is 3.70. The van der Waals surface area contributed by atoms with E-state index in [1.165, 1.54) is 0 Å². The highest BCUT2D eigenvalue weighted by Gasteiger charge is 2.43. The molecule has 1 atom stereocenters. The molecule has 22 heavy (non-hydrogen) atoms. The second kappa shape index (κ2) is 5.90. The molecular formula is C19H17NO2. The average Bonchev–Trinajstić information content (AvgIpc) is 2.58. The van der Waals surface area contributed by atoms with Gasteiger partial charge in [0.15, 0.2) is 0 Å². The van der Waals surface area contributed by atoms with E-state index in [0.29, 0.717) is 0 Å². The molecule has 1 amide bonds. The number of hydrogen-bond donors (Lipinski definition) is 0. The Bertz CT molecular complexity index is 717. The summed E-state index contributed by atoms with van der Waals surface area (Å²) in [7, 11) is 1.63. The molecule has 1 heterocycles. The number of carbonyl (C=O) groups excluding carboxylic acids is 1. The summed E-state index contributed by atoms with van der Waals surface area (Å²) in [4.78, 5) is 14.3. The molecule has 0 aromatic heterocycles. The van der Waals surface area contributed by atoms with Gasteiger partial charge < -0.3 is 4.74 Å². The second-order valence-corrected chi connectivity index (χ2v) is 5.04. The minimum absolute atomic E-state index is 0.0129. The topological polar surface area (TPSA) is 29.5 Å². The minimum Gasteiger partial charge on any atom is -0.497 e. The number of nitrogens with zero attached hydrogens (tertiary/aromatic N) is 1. The summed E-state index contributed by atoms with van der Waals surface area (Å²) in [5, 5.41) is 0. The molecule has 0 aliphatic carbocycles. The Morgan fingerprint density at radius 1 is 1.09 bits per heavy atom. The first-order valence-corrected chi connectivity index (χ1v) is 7.11. The molecule has 2 aromatic carbocycles. The van der Waals surface area contributed by atoms with Gasteiger partial charge in [0.25, 0.3) is 5.91 Å². The largest absolute Gasteiger partial charge is 0.497 e. The van der Waals surface area contributed by atoms with Crippen LogP contribution in [0.3, 0.4) is 0 Å². The van der Waals surface area contributed by atoms with Crippen LogP contribution in [0.25, 0.3) is 0 Å². The van der Waals surface area contributed by atoms with Gasteiger partial charge in [-0.3, -0.25) is 9.69 Å². The number of anilines is 1. The zero-order valence-electron chi connectivity index (χ0n) is 12.4. The number of β-lactam (4-membered cyclic amide) rings is 1. The lowest BCUT2D eigenvalue weighted by molar-refractivity contribution is -0.119. The van der Waals surface area contributed by atoms with Crippen molar-refractivity contribution in [3.8, 4) is 5.75 Å². The molecule has 3 rings (SSSR count). The highest BCUT2D eigenvalue weighted by Crippen LogP contribution is 2.43. The van der Waals surface area contributed by atoms with Gasteiger partial charge in [-0.25, -0.2) is 0 Å². The van der Waals surface area contributed by atoms with Crippen molar-refractivity contribution in [3.05, 3.63) is 84.5 Å². The van der Waals surface area contributed by atoms with E-state index in [-0.39, 0.29) is 11.9 Å². The van der Waals surface area contributed by atoms with Crippen molar-refractivity contribution in [1.29, 1.82) is 0 Å². The van der Waals surface area contributed by atoms with E-state index in [1.54, 1.807) is 24.2 Å². The van der Waals surface area contributed by atoms with Gasteiger partial charge in [0, 0.05) is 11.3 Å². The van der Waals surface area contributed by atoms with Crippen LogP contribution in [0.2, 0.25) is 0 Å². The van der Waals surface area contributed by atoms with Crippen LogP contribution in [0.15, 0.2) is 78.9 Å². The molecule has 3 heteroatoms. The van der Waals surface area contributed by atoms with Crippen LogP contribution in [-0.4, -0.2) is 13.0 Å². The van der Waals surface area contributed by atoms with Gasteiger partial charge in [-0.2, -0.15) is 0 Å². The average molecular weight is 291 g/mol. The summed E-state index contributed by atoms with van der Waals surface area (Å²) >= 11 is 0. The van der Waals surface area contributed by atoms with E-state index >= 15 is 0 Å². The van der Waals surface area contributed by atoms with Crippen molar-refractivity contribution in [2.24, 2.45) is 0 Å².